The smallest absolute Gasteiger partial charge is 0.0522 e. The van der Waals surface area contributed by atoms with Gasteiger partial charge < -0.3 is 5.73 Å². The summed E-state index contributed by atoms with van der Waals surface area (Å²) in [4.78, 5) is 0. The molecule has 1 atom stereocenters. The third-order valence-electron chi connectivity index (χ3n) is 1.64. The minimum atomic E-state index is 0.254. The van der Waals surface area contributed by atoms with Crippen LogP contribution in [0.15, 0.2) is 12.4 Å². The van der Waals surface area contributed by atoms with Crippen molar-refractivity contribution in [3.63, 3.8) is 0 Å². The summed E-state index contributed by atoms with van der Waals surface area (Å²) < 4.78 is 1.81. The lowest BCUT2D eigenvalue weighted by molar-refractivity contribution is 0.743. The van der Waals surface area contributed by atoms with Gasteiger partial charge in [-0.1, -0.05) is 0 Å². The van der Waals surface area contributed by atoms with Crippen LogP contribution in [-0.4, -0.2) is 27.8 Å². The Morgan fingerprint density at radius 1 is 1.75 bits per heavy atom. The second-order valence-electron chi connectivity index (χ2n) is 2.94. The molecule has 0 saturated carbocycles. The Balaban J connectivity index is 2.41. The molecular weight excluding hydrogens is 170 g/mol. The van der Waals surface area contributed by atoms with Crippen molar-refractivity contribution in [3.8, 4) is 0 Å². The number of aromatic nitrogens is 2. The van der Waals surface area contributed by atoms with Crippen molar-refractivity contribution in [3.05, 3.63) is 18.0 Å². The van der Waals surface area contributed by atoms with Gasteiger partial charge in [0.2, 0.25) is 0 Å². The largest absolute Gasteiger partial charge is 0.327 e. The van der Waals surface area contributed by atoms with E-state index in [9.17, 15) is 0 Å². The summed E-state index contributed by atoms with van der Waals surface area (Å²) in [6, 6.07) is 0.254. The van der Waals surface area contributed by atoms with E-state index < -0.39 is 0 Å². The lowest BCUT2D eigenvalue weighted by Crippen LogP contribution is -2.25. The highest BCUT2D eigenvalue weighted by Gasteiger charge is 2.03. The van der Waals surface area contributed by atoms with Gasteiger partial charge in [-0.2, -0.15) is 16.9 Å². The van der Waals surface area contributed by atoms with Gasteiger partial charge in [0, 0.05) is 25.0 Å². The monoisotopic (exact) mass is 185 g/mol. The van der Waals surface area contributed by atoms with Crippen LogP contribution in [0.25, 0.3) is 0 Å². The molecule has 0 bridgehead atoms. The van der Waals surface area contributed by atoms with Crippen LogP contribution < -0.4 is 5.73 Å². The zero-order valence-corrected chi connectivity index (χ0v) is 8.34. The molecule has 0 aliphatic carbocycles. The van der Waals surface area contributed by atoms with E-state index in [1.807, 2.05) is 19.4 Å². The molecular formula is C8H15N3S. The van der Waals surface area contributed by atoms with Crippen LogP contribution in [0.3, 0.4) is 0 Å². The van der Waals surface area contributed by atoms with Crippen LogP contribution in [-0.2, 0) is 13.5 Å². The molecule has 3 nitrogen and oxygen atoms in total. The first-order chi connectivity index (χ1) is 5.72. The second kappa shape index (κ2) is 4.52. The first kappa shape index (κ1) is 9.61. The van der Waals surface area contributed by atoms with E-state index >= 15 is 0 Å². The van der Waals surface area contributed by atoms with Crippen molar-refractivity contribution in [1.29, 1.82) is 0 Å². The minimum absolute atomic E-state index is 0.254. The molecule has 0 aliphatic rings. The summed E-state index contributed by atoms with van der Waals surface area (Å²) >= 11 is 1.78. The average Bonchev–Trinajstić information content (AvgIpc) is 2.36. The van der Waals surface area contributed by atoms with Gasteiger partial charge >= 0.3 is 0 Å². The zero-order chi connectivity index (χ0) is 8.97. The number of thioether (sulfide) groups is 1. The maximum Gasteiger partial charge on any atom is 0.0522 e. The number of rotatable bonds is 4. The Morgan fingerprint density at radius 2 is 2.50 bits per heavy atom. The normalized spacial score (nSPS) is 13.2. The Labute approximate surface area is 77.3 Å². The lowest BCUT2D eigenvalue weighted by atomic mass is 10.1. The molecule has 2 N–H and O–H groups in total. The Morgan fingerprint density at radius 3 is 3.00 bits per heavy atom. The first-order valence-corrected chi connectivity index (χ1v) is 5.34. The average molecular weight is 185 g/mol. The molecule has 0 fully saturated rings. The van der Waals surface area contributed by atoms with Gasteiger partial charge in [-0.25, -0.2) is 0 Å². The summed E-state index contributed by atoms with van der Waals surface area (Å²) in [7, 11) is 1.92. The van der Waals surface area contributed by atoms with Crippen molar-refractivity contribution >= 4 is 11.8 Å². The van der Waals surface area contributed by atoms with Crippen molar-refractivity contribution in [2.75, 3.05) is 12.0 Å². The molecule has 1 rings (SSSR count). The lowest BCUT2D eigenvalue weighted by Gasteiger charge is -2.06. The fraction of sp³-hybridized carbons (Fsp3) is 0.625. The molecule has 0 spiro atoms. The fourth-order valence-corrected chi connectivity index (χ4v) is 1.70. The number of aryl methyl sites for hydroxylation is 1. The van der Waals surface area contributed by atoms with Gasteiger partial charge in [-0.3, -0.25) is 4.68 Å². The van der Waals surface area contributed by atoms with Crippen LogP contribution in [0.2, 0.25) is 0 Å². The number of hydrogen-bond donors (Lipinski definition) is 1. The maximum atomic E-state index is 5.87. The van der Waals surface area contributed by atoms with Crippen LogP contribution >= 0.6 is 11.8 Å². The van der Waals surface area contributed by atoms with Crippen LogP contribution in [0, 0.1) is 0 Å². The number of nitrogens with two attached hydrogens (primary N) is 1. The quantitative estimate of drug-likeness (QED) is 0.749. The van der Waals surface area contributed by atoms with Gasteiger partial charge in [0.15, 0.2) is 0 Å². The third kappa shape index (κ3) is 2.87. The molecule has 1 heterocycles. The van der Waals surface area contributed by atoms with E-state index in [1.54, 1.807) is 16.4 Å². The minimum Gasteiger partial charge on any atom is -0.327 e. The molecule has 1 unspecified atom stereocenters. The highest BCUT2D eigenvalue weighted by Crippen LogP contribution is 2.03. The predicted octanol–water partition coefficient (Wildman–Crippen LogP) is 0.653. The SMILES string of the molecule is CSCC(N)Cc1cnn(C)c1. The highest BCUT2D eigenvalue weighted by molar-refractivity contribution is 7.98. The molecule has 0 amide bonds. The van der Waals surface area contributed by atoms with Crippen molar-refractivity contribution in [2.24, 2.45) is 12.8 Å². The standard InChI is InChI=1S/C8H15N3S/c1-11-5-7(4-10-11)3-8(9)6-12-2/h4-5,8H,3,6,9H2,1-2H3. The Kier molecular flexibility index (Phi) is 3.62. The van der Waals surface area contributed by atoms with E-state index in [0.29, 0.717) is 0 Å². The van der Waals surface area contributed by atoms with Gasteiger partial charge in [0.05, 0.1) is 6.20 Å². The van der Waals surface area contributed by atoms with Crippen molar-refractivity contribution in [1.82, 2.24) is 9.78 Å². The third-order valence-corrected chi connectivity index (χ3v) is 2.40. The fourth-order valence-electron chi connectivity index (χ4n) is 1.15. The highest BCUT2D eigenvalue weighted by atomic mass is 32.2. The Bertz CT molecular complexity index is 234. The molecule has 0 aromatic carbocycles. The first-order valence-electron chi connectivity index (χ1n) is 3.94. The molecule has 0 saturated heterocycles. The van der Waals surface area contributed by atoms with Gasteiger partial charge in [-0.15, -0.1) is 0 Å². The van der Waals surface area contributed by atoms with E-state index in [2.05, 4.69) is 11.4 Å². The maximum absolute atomic E-state index is 5.87. The topological polar surface area (TPSA) is 43.8 Å². The molecule has 1 aromatic heterocycles. The molecule has 0 aliphatic heterocycles. The summed E-state index contributed by atoms with van der Waals surface area (Å²) in [5.74, 6) is 1.01. The van der Waals surface area contributed by atoms with Crippen molar-refractivity contribution < 1.29 is 0 Å². The molecule has 68 valence electrons. The van der Waals surface area contributed by atoms with Crippen LogP contribution in [0.4, 0.5) is 0 Å². The molecule has 1 aromatic rings. The molecule has 12 heavy (non-hydrogen) atoms. The number of nitrogens with zero attached hydrogens (tertiary/aromatic N) is 2. The van der Waals surface area contributed by atoms with E-state index in [0.717, 1.165) is 12.2 Å². The van der Waals surface area contributed by atoms with E-state index in [1.165, 1.54) is 5.56 Å². The summed E-state index contributed by atoms with van der Waals surface area (Å²) in [5, 5.41) is 4.08. The van der Waals surface area contributed by atoms with Crippen molar-refractivity contribution in [2.45, 2.75) is 12.5 Å². The van der Waals surface area contributed by atoms with Crippen LogP contribution in [0.5, 0.6) is 0 Å². The summed E-state index contributed by atoms with van der Waals surface area (Å²) in [6.45, 7) is 0. The zero-order valence-electron chi connectivity index (χ0n) is 7.53. The number of hydrogen-bond acceptors (Lipinski definition) is 3. The summed E-state index contributed by atoms with van der Waals surface area (Å²) in [5.41, 5.74) is 7.09. The van der Waals surface area contributed by atoms with E-state index in [-0.39, 0.29) is 6.04 Å². The van der Waals surface area contributed by atoms with Gasteiger partial charge in [-0.05, 0) is 18.2 Å². The summed E-state index contributed by atoms with van der Waals surface area (Å²) in [6.07, 6.45) is 6.89. The molecule has 4 heteroatoms. The Hall–Kier alpha value is -0.480. The predicted molar refractivity (Wildman–Crippen MR) is 53.3 cm³/mol. The van der Waals surface area contributed by atoms with Gasteiger partial charge in [0.25, 0.3) is 0 Å². The van der Waals surface area contributed by atoms with Crippen LogP contribution in [0.1, 0.15) is 5.56 Å². The molecule has 0 radical (unpaired) electrons. The van der Waals surface area contributed by atoms with E-state index in [4.69, 9.17) is 5.73 Å². The second-order valence-corrected chi connectivity index (χ2v) is 3.85. The van der Waals surface area contributed by atoms with Gasteiger partial charge in [0.1, 0.15) is 0 Å².